The topological polar surface area (TPSA) is 26.7 Å². The van der Waals surface area contributed by atoms with Crippen LogP contribution in [0.3, 0.4) is 0 Å². The number of aliphatic hydroxyl groups is 1. The Kier molecular flexibility index (Phi) is 10.7. The highest BCUT2D eigenvalue weighted by Gasteiger charge is 2.22. The van der Waals surface area contributed by atoms with Crippen molar-refractivity contribution in [2.24, 2.45) is 0 Å². The van der Waals surface area contributed by atoms with Gasteiger partial charge in [0.15, 0.2) is 0 Å². The van der Waals surface area contributed by atoms with E-state index in [9.17, 15) is 5.11 Å². The zero-order chi connectivity index (χ0) is 14.0. The fourth-order valence-electron chi connectivity index (χ4n) is 2.62. The minimum absolute atomic E-state index is 0.241. The second kappa shape index (κ2) is 10.8. The zero-order valence-electron chi connectivity index (χ0n) is 13.2. The van der Waals surface area contributed by atoms with Crippen molar-refractivity contribution in [3.8, 4) is 0 Å². The molecule has 0 aliphatic rings. The third kappa shape index (κ3) is 6.72. The molecule has 0 radical (unpaired) electrons. The second-order valence-corrected chi connectivity index (χ2v) is 5.13. The molecule has 0 saturated heterocycles. The molecule has 0 aromatic heterocycles. The molecular weight excluding hydrogens is 224 g/mol. The first kappa shape index (κ1) is 17.9. The SMILES string of the molecule is CCCCCC(N(CC)CC)N(CC)CC(C)O. The van der Waals surface area contributed by atoms with Gasteiger partial charge in [-0.1, -0.05) is 47.0 Å². The number of nitrogens with zero attached hydrogens (tertiary/aromatic N) is 2. The summed E-state index contributed by atoms with van der Waals surface area (Å²) in [7, 11) is 0. The Morgan fingerprint density at radius 3 is 1.83 bits per heavy atom. The molecule has 110 valence electrons. The van der Waals surface area contributed by atoms with E-state index < -0.39 is 0 Å². The number of rotatable bonds is 11. The minimum atomic E-state index is -0.241. The van der Waals surface area contributed by atoms with Crippen molar-refractivity contribution in [1.82, 2.24) is 9.80 Å². The second-order valence-electron chi connectivity index (χ2n) is 5.13. The Hall–Kier alpha value is -0.120. The highest BCUT2D eigenvalue weighted by atomic mass is 16.3. The van der Waals surface area contributed by atoms with Crippen LogP contribution in [0.5, 0.6) is 0 Å². The summed E-state index contributed by atoms with van der Waals surface area (Å²) < 4.78 is 0. The summed E-state index contributed by atoms with van der Waals surface area (Å²) in [6.07, 6.45) is 5.34. The van der Waals surface area contributed by atoms with Gasteiger partial charge in [0.1, 0.15) is 0 Å². The van der Waals surface area contributed by atoms with E-state index in [4.69, 9.17) is 0 Å². The van der Waals surface area contributed by atoms with Gasteiger partial charge < -0.3 is 5.11 Å². The van der Waals surface area contributed by atoms with Gasteiger partial charge in [0.05, 0.1) is 12.3 Å². The predicted octanol–water partition coefficient (Wildman–Crippen LogP) is 2.94. The minimum Gasteiger partial charge on any atom is -0.392 e. The molecule has 0 fully saturated rings. The van der Waals surface area contributed by atoms with Crippen molar-refractivity contribution < 1.29 is 5.11 Å². The van der Waals surface area contributed by atoms with Crippen molar-refractivity contribution in [3.63, 3.8) is 0 Å². The van der Waals surface area contributed by atoms with E-state index in [1.165, 1.54) is 25.7 Å². The van der Waals surface area contributed by atoms with Gasteiger partial charge in [0.2, 0.25) is 0 Å². The fraction of sp³-hybridized carbons (Fsp3) is 1.00. The first-order valence-corrected chi connectivity index (χ1v) is 7.76. The Morgan fingerprint density at radius 2 is 1.44 bits per heavy atom. The summed E-state index contributed by atoms with van der Waals surface area (Å²) in [4.78, 5) is 4.94. The average Bonchev–Trinajstić information content (AvgIpc) is 2.35. The normalized spacial score (nSPS) is 15.3. The van der Waals surface area contributed by atoms with Gasteiger partial charge in [0, 0.05) is 6.54 Å². The summed E-state index contributed by atoms with van der Waals surface area (Å²) in [5, 5.41) is 9.64. The van der Waals surface area contributed by atoms with Gasteiger partial charge in [-0.15, -0.1) is 0 Å². The van der Waals surface area contributed by atoms with E-state index in [0.717, 1.165) is 26.2 Å². The van der Waals surface area contributed by atoms with Crippen molar-refractivity contribution >= 4 is 0 Å². The van der Waals surface area contributed by atoms with E-state index in [-0.39, 0.29) is 6.10 Å². The molecule has 3 heteroatoms. The standard InChI is InChI=1S/C15H34N2O/c1-6-10-11-12-15(16(7-2)8-3)17(9-4)13-14(5)18/h14-15,18H,6-13H2,1-5H3. The van der Waals surface area contributed by atoms with Crippen LogP contribution in [-0.2, 0) is 0 Å². The lowest BCUT2D eigenvalue weighted by atomic mass is 10.1. The fourth-order valence-corrected chi connectivity index (χ4v) is 2.62. The summed E-state index contributed by atoms with van der Waals surface area (Å²) in [6, 6.07) is 0. The van der Waals surface area contributed by atoms with Gasteiger partial charge in [-0.05, 0) is 33.0 Å². The molecule has 0 aliphatic heterocycles. The molecule has 1 N–H and O–H groups in total. The summed E-state index contributed by atoms with van der Waals surface area (Å²) in [6.45, 7) is 14.8. The zero-order valence-corrected chi connectivity index (χ0v) is 13.2. The molecule has 3 nitrogen and oxygen atoms in total. The molecule has 2 atom stereocenters. The molecule has 0 bridgehead atoms. The maximum Gasteiger partial charge on any atom is 0.0639 e. The number of likely N-dealkylation sites (N-methyl/N-ethyl adjacent to an activating group) is 1. The van der Waals surface area contributed by atoms with Crippen LogP contribution >= 0.6 is 0 Å². The van der Waals surface area contributed by atoms with E-state index in [1.54, 1.807) is 0 Å². The number of hydrogen-bond donors (Lipinski definition) is 1. The smallest absolute Gasteiger partial charge is 0.0639 e. The van der Waals surface area contributed by atoms with Crippen LogP contribution in [0.1, 0.15) is 60.3 Å². The molecule has 18 heavy (non-hydrogen) atoms. The van der Waals surface area contributed by atoms with Gasteiger partial charge in [-0.2, -0.15) is 0 Å². The Bertz CT molecular complexity index is 181. The average molecular weight is 258 g/mol. The largest absolute Gasteiger partial charge is 0.392 e. The van der Waals surface area contributed by atoms with E-state index in [1.807, 2.05) is 6.92 Å². The molecular formula is C15H34N2O. The molecule has 2 unspecified atom stereocenters. The van der Waals surface area contributed by atoms with Crippen molar-refractivity contribution in [1.29, 1.82) is 0 Å². The lowest BCUT2D eigenvalue weighted by Crippen LogP contribution is -2.50. The molecule has 0 rings (SSSR count). The third-order valence-corrected chi connectivity index (χ3v) is 3.63. The van der Waals surface area contributed by atoms with Crippen LogP contribution < -0.4 is 0 Å². The number of unbranched alkanes of at least 4 members (excludes halogenated alkanes) is 2. The quantitative estimate of drug-likeness (QED) is 0.456. The molecule has 0 amide bonds. The summed E-state index contributed by atoms with van der Waals surface area (Å²) >= 11 is 0. The molecule has 0 saturated carbocycles. The van der Waals surface area contributed by atoms with Crippen LogP contribution in [0, 0.1) is 0 Å². The highest BCUT2D eigenvalue weighted by Crippen LogP contribution is 2.15. The predicted molar refractivity (Wildman–Crippen MR) is 79.8 cm³/mol. The summed E-state index contributed by atoms with van der Waals surface area (Å²) in [5.41, 5.74) is 0. The van der Waals surface area contributed by atoms with Crippen LogP contribution in [-0.4, -0.2) is 53.4 Å². The molecule has 0 aromatic carbocycles. The monoisotopic (exact) mass is 258 g/mol. The highest BCUT2D eigenvalue weighted by molar-refractivity contribution is 4.73. The van der Waals surface area contributed by atoms with Crippen LogP contribution in [0.25, 0.3) is 0 Å². The van der Waals surface area contributed by atoms with Crippen molar-refractivity contribution in [2.45, 2.75) is 72.6 Å². The molecule has 0 aliphatic carbocycles. The lowest BCUT2D eigenvalue weighted by Gasteiger charge is -2.39. The Labute approximate surface area is 114 Å². The third-order valence-electron chi connectivity index (χ3n) is 3.63. The van der Waals surface area contributed by atoms with E-state index in [2.05, 4.69) is 37.5 Å². The Balaban J connectivity index is 4.57. The van der Waals surface area contributed by atoms with Crippen LogP contribution in [0.2, 0.25) is 0 Å². The van der Waals surface area contributed by atoms with Gasteiger partial charge in [-0.3, -0.25) is 9.80 Å². The maximum absolute atomic E-state index is 9.64. The van der Waals surface area contributed by atoms with Crippen LogP contribution in [0.15, 0.2) is 0 Å². The van der Waals surface area contributed by atoms with Crippen molar-refractivity contribution in [3.05, 3.63) is 0 Å². The number of hydrogen-bond acceptors (Lipinski definition) is 3. The van der Waals surface area contributed by atoms with E-state index in [0.29, 0.717) is 6.17 Å². The first-order valence-electron chi connectivity index (χ1n) is 7.76. The number of aliphatic hydroxyl groups excluding tert-OH is 1. The Morgan fingerprint density at radius 1 is 0.889 bits per heavy atom. The van der Waals surface area contributed by atoms with E-state index >= 15 is 0 Å². The molecule has 0 spiro atoms. The van der Waals surface area contributed by atoms with Crippen LogP contribution in [0.4, 0.5) is 0 Å². The lowest BCUT2D eigenvalue weighted by molar-refractivity contribution is 0.0151. The summed E-state index contributed by atoms with van der Waals surface area (Å²) in [5.74, 6) is 0. The van der Waals surface area contributed by atoms with Crippen molar-refractivity contribution in [2.75, 3.05) is 26.2 Å². The molecule has 0 aromatic rings. The first-order chi connectivity index (χ1) is 8.60. The van der Waals surface area contributed by atoms with Gasteiger partial charge in [-0.25, -0.2) is 0 Å². The van der Waals surface area contributed by atoms with Gasteiger partial charge >= 0.3 is 0 Å². The molecule has 0 heterocycles. The maximum atomic E-state index is 9.64. The van der Waals surface area contributed by atoms with Gasteiger partial charge in [0.25, 0.3) is 0 Å².